The first-order valence-corrected chi connectivity index (χ1v) is 12.1. The lowest BCUT2D eigenvalue weighted by atomic mass is 10.1. The Morgan fingerprint density at radius 2 is 1.90 bits per heavy atom. The van der Waals surface area contributed by atoms with Gasteiger partial charge >= 0.3 is 0 Å². The highest BCUT2D eigenvalue weighted by atomic mass is 32.2. The van der Waals surface area contributed by atoms with Crippen molar-refractivity contribution in [2.45, 2.75) is 31.8 Å². The molecular formula is C20H27N7O3S. The van der Waals surface area contributed by atoms with Gasteiger partial charge in [0, 0.05) is 49.3 Å². The Bertz CT molecular complexity index is 1070. The molecule has 0 radical (unpaired) electrons. The number of piperazine rings is 1. The van der Waals surface area contributed by atoms with E-state index >= 15 is 0 Å². The number of rotatable bonds is 7. The van der Waals surface area contributed by atoms with E-state index in [1.807, 2.05) is 31.2 Å². The van der Waals surface area contributed by atoms with Crippen LogP contribution in [0.25, 0.3) is 0 Å². The van der Waals surface area contributed by atoms with E-state index in [0.717, 1.165) is 24.2 Å². The molecule has 31 heavy (non-hydrogen) atoms. The third kappa shape index (κ3) is 5.05. The molecule has 1 saturated heterocycles. The van der Waals surface area contributed by atoms with E-state index in [0.29, 0.717) is 37.4 Å². The molecule has 2 aromatic rings. The summed E-state index contributed by atoms with van der Waals surface area (Å²) in [5.41, 5.74) is 7.52. The van der Waals surface area contributed by atoms with Crippen molar-refractivity contribution in [3.63, 3.8) is 0 Å². The van der Waals surface area contributed by atoms with Gasteiger partial charge in [-0.05, 0) is 44.0 Å². The number of hydrogen-bond donors (Lipinski definition) is 3. The van der Waals surface area contributed by atoms with Crippen LogP contribution in [0.3, 0.4) is 0 Å². The second-order valence-electron chi connectivity index (χ2n) is 8.07. The molecule has 1 atom stereocenters. The Morgan fingerprint density at radius 1 is 1.19 bits per heavy atom. The fourth-order valence-corrected chi connectivity index (χ4v) is 4.53. The molecule has 1 aromatic heterocycles. The molecule has 1 aromatic carbocycles. The van der Waals surface area contributed by atoms with Gasteiger partial charge in [0.05, 0.1) is 11.8 Å². The molecule has 1 amide bonds. The zero-order valence-corrected chi connectivity index (χ0v) is 18.4. The van der Waals surface area contributed by atoms with Gasteiger partial charge in [-0.25, -0.2) is 13.4 Å². The maximum Gasteiger partial charge on any atom is 0.254 e. The summed E-state index contributed by atoms with van der Waals surface area (Å²) in [6.45, 7) is 3.59. The predicted octanol–water partition coefficient (Wildman–Crippen LogP) is 1.36. The van der Waals surface area contributed by atoms with E-state index in [2.05, 4.69) is 25.5 Å². The molecule has 1 aliphatic heterocycles. The number of primary amides is 1. The summed E-state index contributed by atoms with van der Waals surface area (Å²) in [6.07, 6.45) is 4.77. The first-order valence-electron chi connectivity index (χ1n) is 10.2. The van der Waals surface area contributed by atoms with Crippen LogP contribution in [-0.4, -0.2) is 66.6 Å². The van der Waals surface area contributed by atoms with Crippen molar-refractivity contribution >= 4 is 39.1 Å². The summed E-state index contributed by atoms with van der Waals surface area (Å²) in [6, 6.07) is 8.20. The molecule has 10 nitrogen and oxygen atoms in total. The summed E-state index contributed by atoms with van der Waals surface area (Å²) in [5, 5.41) is 6.37. The van der Waals surface area contributed by atoms with Crippen LogP contribution in [0.2, 0.25) is 0 Å². The van der Waals surface area contributed by atoms with E-state index in [-0.39, 0.29) is 11.6 Å². The molecule has 0 bridgehead atoms. The van der Waals surface area contributed by atoms with Crippen molar-refractivity contribution < 1.29 is 13.2 Å². The molecule has 1 saturated carbocycles. The number of nitrogens with zero attached hydrogens (tertiary/aromatic N) is 4. The highest BCUT2D eigenvalue weighted by molar-refractivity contribution is 7.88. The minimum atomic E-state index is -3.17. The second-order valence-corrected chi connectivity index (χ2v) is 10.1. The molecular weight excluding hydrogens is 418 g/mol. The zero-order chi connectivity index (χ0) is 22.2. The minimum absolute atomic E-state index is 0.0722. The number of benzene rings is 1. The second kappa shape index (κ2) is 8.31. The van der Waals surface area contributed by atoms with Crippen molar-refractivity contribution in [3.05, 3.63) is 36.0 Å². The standard InChI is InChI=1S/C20H27N7O3S/c1-13-12-26(31(2,29)30)9-10-27(13)16-7-5-15(6-8-16)24-20-22-11-17(18(21)28)19(25-20)23-14-3-4-14/h5-8,11,13-14H,3-4,9-10,12H2,1-2H3,(H2,21,28)(H2,22,23,24,25)/t13-/m0/s1. The SMILES string of the molecule is C[C@H]1CN(S(C)(=O)=O)CCN1c1ccc(Nc2ncc(C(N)=O)c(NC3CC3)n2)cc1. The minimum Gasteiger partial charge on any atom is -0.367 e. The molecule has 0 unspecified atom stereocenters. The Labute approximate surface area is 181 Å². The van der Waals surface area contributed by atoms with Crippen LogP contribution in [0.4, 0.5) is 23.1 Å². The molecule has 4 rings (SSSR count). The lowest BCUT2D eigenvalue weighted by molar-refractivity contribution is 0.100. The van der Waals surface area contributed by atoms with Crippen LogP contribution in [0.5, 0.6) is 0 Å². The third-order valence-corrected chi connectivity index (χ3v) is 6.76. The first-order chi connectivity index (χ1) is 14.7. The summed E-state index contributed by atoms with van der Waals surface area (Å²) in [5.74, 6) is 0.252. The average Bonchev–Trinajstić information content (AvgIpc) is 3.52. The summed E-state index contributed by atoms with van der Waals surface area (Å²) in [4.78, 5) is 22.4. The van der Waals surface area contributed by atoms with Crippen molar-refractivity contribution in [1.29, 1.82) is 0 Å². The van der Waals surface area contributed by atoms with Crippen molar-refractivity contribution in [2.75, 3.05) is 41.4 Å². The maximum atomic E-state index is 11.8. The number of nitrogens with one attached hydrogen (secondary N) is 2. The lowest BCUT2D eigenvalue weighted by Gasteiger charge is -2.40. The molecule has 11 heteroatoms. The average molecular weight is 446 g/mol. The quantitative estimate of drug-likeness (QED) is 0.582. The van der Waals surface area contributed by atoms with Crippen molar-refractivity contribution in [2.24, 2.45) is 5.73 Å². The summed E-state index contributed by atoms with van der Waals surface area (Å²) >= 11 is 0. The highest BCUT2D eigenvalue weighted by Gasteiger charge is 2.29. The van der Waals surface area contributed by atoms with E-state index in [1.165, 1.54) is 16.8 Å². The highest BCUT2D eigenvalue weighted by Crippen LogP contribution is 2.27. The van der Waals surface area contributed by atoms with Crippen LogP contribution in [0, 0.1) is 0 Å². The van der Waals surface area contributed by atoms with Crippen LogP contribution in [0.15, 0.2) is 30.5 Å². The van der Waals surface area contributed by atoms with Gasteiger partial charge in [-0.3, -0.25) is 4.79 Å². The Morgan fingerprint density at radius 3 is 2.48 bits per heavy atom. The monoisotopic (exact) mass is 445 g/mol. The summed E-state index contributed by atoms with van der Waals surface area (Å²) < 4.78 is 25.1. The van der Waals surface area contributed by atoms with Crippen LogP contribution in [0.1, 0.15) is 30.1 Å². The Hall–Kier alpha value is -2.92. The predicted molar refractivity (Wildman–Crippen MR) is 120 cm³/mol. The number of carbonyl (C=O) groups is 1. The molecule has 2 fully saturated rings. The number of carbonyl (C=O) groups excluding carboxylic acids is 1. The van der Waals surface area contributed by atoms with Crippen LogP contribution < -0.4 is 21.3 Å². The fraction of sp³-hybridized carbons (Fsp3) is 0.450. The zero-order valence-electron chi connectivity index (χ0n) is 17.6. The van der Waals surface area contributed by atoms with Gasteiger partial charge in [0.15, 0.2) is 0 Å². The van der Waals surface area contributed by atoms with Gasteiger partial charge in [0.2, 0.25) is 16.0 Å². The van der Waals surface area contributed by atoms with Crippen LogP contribution in [-0.2, 0) is 10.0 Å². The third-order valence-electron chi connectivity index (χ3n) is 5.49. The first kappa shape index (κ1) is 21.3. The number of sulfonamides is 1. The van der Waals surface area contributed by atoms with Crippen molar-refractivity contribution in [3.8, 4) is 0 Å². The van der Waals surface area contributed by atoms with Gasteiger partial charge in [0.25, 0.3) is 5.91 Å². The smallest absolute Gasteiger partial charge is 0.254 e. The van der Waals surface area contributed by atoms with Crippen molar-refractivity contribution in [1.82, 2.24) is 14.3 Å². The molecule has 4 N–H and O–H groups in total. The topological polar surface area (TPSA) is 134 Å². The largest absolute Gasteiger partial charge is 0.367 e. The molecule has 166 valence electrons. The number of hydrogen-bond acceptors (Lipinski definition) is 8. The normalized spacial score (nSPS) is 19.8. The van der Waals surface area contributed by atoms with Gasteiger partial charge in [-0.15, -0.1) is 0 Å². The van der Waals surface area contributed by atoms with Gasteiger partial charge in [-0.2, -0.15) is 9.29 Å². The maximum absolute atomic E-state index is 11.8. The Kier molecular flexibility index (Phi) is 5.71. The molecule has 2 heterocycles. The van der Waals surface area contributed by atoms with Gasteiger partial charge in [0.1, 0.15) is 5.82 Å². The van der Waals surface area contributed by atoms with Gasteiger partial charge in [-0.1, -0.05) is 0 Å². The van der Waals surface area contributed by atoms with E-state index in [4.69, 9.17) is 5.73 Å². The van der Waals surface area contributed by atoms with E-state index in [1.54, 1.807) is 0 Å². The number of amides is 1. The van der Waals surface area contributed by atoms with Gasteiger partial charge < -0.3 is 21.3 Å². The Balaban J connectivity index is 1.45. The lowest BCUT2D eigenvalue weighted by Crippen LogP contribution is -2.53. The number of anilines is 4. The van der Waals surface area contributed by atoms with Crippen LogP contribution >= 0.6 is 0 Å². The van der Waals surface area contributed by atoms with E-state index < -0.39 is 15.9 Å². The molecule has 0 spiro atoms. The molecule has 1 aliphatic carbocycles. The summed E-state index contributed by atoms with van der Waals surface area (Å²) in [7, 11) is -3.17. The van der Waals surface area contributed by atoms with E-state index in [9.17, 15) is 13.2 Å². The number of aromatic nitrogens is 2. The fourth-order valence-electron chi connectivity index (χ4n) is 3.63. The molecule has 2 aliphatic rings. The number of nitrogens with two attached hydrogens (primary N) is 1.